The Morgan fingerprint density at radius 3 is 2.31 bits per heavy atom. The van der Waals surface area contributed by atoms with Gasteiger partial charge in [0.2, 0.25) is 18.6 Å². The van der Waals surface area contributed by atoms with Crippen molar-refractivity contribution in [3.63, 3.8) is 0 Å². The molecular formula is C27H30N4O5. The van der Waals surface area contributed by atoms with Crippen LogP contribution in [-0.2, 0) is 24.4 Å². The smallest absolute Gasteiger partial charge is 0.275 e. The van der Waals surface area contributed by atoms with Crippen LogP contribution in [0.25, 0.3) is 0 Å². The van der Waals surface area contributed by atoms with Crippen LogP contribution in [0.3, 0.4) is 0 Å². The van der Waals surface area contributed by atoms with Crippen molar-refractivity contribution in [1.29, 1.82) is 0 Å². The van der Waals surface area contributed by atoms with Gasteiger partial charge in [0.25, 0.3) is 5.91 Å². The molecule has 1 fully saturated rings. The van der Waals surface area contributed by atoms with Crippen molar-refractivity contribution >= 4 is 11.8 Å². The number of aryl methyl sites for hydroxylation is 1. The number of oxazole rings is 1. The number of amides is 2. The average molecular weight is 491 g/mol. The summed E-state index contributed by atoms with van der Waals surface area (Å²) in [4.78, 5) is 34.7. The van der Waals surface area contributed by atoms with Gasteiger partial charge in [0.05, 0.1) is 6.54 Å². The van der Waals surface area contributed by atoms with Gasteiger partial charge in [0.1, 0.15) is 6.26 Å². The van der Waals surface area contributed by atoms with Crippen molar-refractivity contribution < 1.29 is 23.5 Å². The highest BCUT2D eigenvalue weighted by molar-refractivity contribution is 5.92. The van der Waals surface area contributed by atoms with Crippen molar-refractivity contribution in [2.75, 3.05) is 33.0 Å². The SMILES string of the molecule is CC(=O)N1CCN(C(=O)c2coc(CN(Cc3ccc(C)cc3)Cc3ccc4c(c3)OCO4)n2)CC1. The Morgan fingerprint density at radius 1 is 0.889 bits per heavy atom. The molecule has 0 N–H and O–H groups in total. The molecule has 1 saturated heterocycles. The molecule has 0 unspecified atom stereocenters. The lowest BCUT2D eigenvalue weighted by atomic mass is 10.1. The van der Waals surface area contributed by atoms with E-state index in [1.54, 1.807) is 16.7 Å². The molecule has 0 radical (unpaired) electrons. The molecule has 9 heteroatoms. The fourth-order valence-corrected chi connectivity index (χ4v) is 4.48. The van der Waals surface area contributed by atoms with E-state index in [0.29, 0.717) is 57.4 Å². The van der Waals surface area contributed by atoms with Crippen molar-refractivity contribution in [3.05, 3.63) is 77.0 Å². The highest BCUT2D eigenvalue weighted by atomic mass is 16.7. The maximum atomic E-state index is 13.0. The third kappa shape index (κ3) is 5.52. The second-order valence-corrected chi connectivity index (χ2v) is 9.24. The third-order valence-electron chi connectivity index (χ3n) is 6.51. The first-order valence-corrected chi connectivity index (χ1v) is 12.1. The minimum absolute atomic E-state index is 0.0296. The lowest BCUT2D eigenvalue weighted by molar-refractivity contribution is -0.130. The number of piperazine rings is 1. The number of aromatic nitrogens is 1. The number of rotatable bonds is 7. The predicted octanol–water partition coefficient (Wildman–Crippen LogP) is 3.22. The van der Waals surface area contributed by atoms with E-state index in [-0.39, 0.29) is 18.6 Å². The summed E-state index contributed by atoms with van der Waals surface area (Å²) in [6, 6.07) is 14.4. The molecule has 2 aromatic carbocycles. The van der Waals surface area contributed by atoms with Crippen LogP contribution in [0.5, 0.6) is 11.5 Å². The van der Waals surface area contributed by atoms with Crippen LogP contribution in [0.4, 0.5) is 0 Å². The highest BCUT2D eigenvalue weighted by Crippen LogP contribution is 2.33. The Hall–Kier alpha value is -3.85. The fraction of sp³-hybridized carbons (Fsp3) is 0.370. The molecule has 0 aliphatic carbocycles. The van der Waals surface area contributed by atoms with E-state index in [1.807, 2.05) is 18.2 Å². The van der Waals surface area contributed by atoms with E-state index < -0.39 is 0 Å². The van der Waals surface area contributed by atoms with Crippen LogP contribution >= 0.6 is 0 Å². The number of hydrogen-bond donors (Lipinski definition) is 0. The van der Waals surface area contributed by atoms with Gasteiger partial charge in [-0.15, -0.1) is 0 Å². The van der Waals surface area contributed by atoms with Crippen molar-refractivity contribution in [1.82, 2.24) is 19.7 Å². The minimum Gasteiger partial charge on any atom is -0.454 e. The minimum atomic E-state index is -0.172. The zero-order valence-corrected chi connectivity index (χ0v) is 20.6. The van der Waals surface area contributed by atoms with E-state index in [9.17, 15) is 9.59 Å². The standard InChI is InChI=1S/C27H30N4O5/c1-19-3-5-21(6-4-19)14-29(15-22-7-8-24-25(13-22)36-18-35-24)16-26-28-23(17-34-26)27(33)31-11-9-30(10-12-31)20(2)32/h3-8,13,17H,9-12,14-16,18H2,1-2H3. The van der Waals surface area contributed by atoms with Gasteiger partial charge >= 0.3 is 0 Å². The van der Waals surface area contributed by atoms with Gasteiger partial charge in [-0.2, -0.15) is 0 Å². The number of benzene rings is 2. The zero-order chi connectivity index (χ0) is 25.1. The fourth-order valence-electron chi connectivity index (χ4n) is 4.48. The van der Waals surface area contributed by atoms with E-state index in [2.05, 4.69) is 41.1 Å². The van der Waals surface area contributed by atoms with Crippen molar-refractivity contribution in [3.8, 4) is 11.5 Å². The van der Waals surface area contributed by atoms with Crippen molar-refractivity contribution in [2.45, 2.75) is 33.5 Å². The first kappa shape index (κ1) is 23.9. The van der Waals surface area contributed by atoms with Gasteiger partial charge in [-0.05, 0) is 30.2 Å². The predicted molar refractivity (Wildman–Crippen MR) is 131 cm³/mol. The zero-order valence-electron chi connectivity index (χ0n) is 20.6. The topological polar surface area (TPSA) is 88.4 Å². The molecule has 2 aliphatic heterocycles. The van der Waals surface area contributed by atoms with Gasteiger partial charge in [0, 0.05) is 46.2 Å². The van der Waals surface area contributed by atoms with Crippen LogP contribution in [-0.4, -0.2) is 64.5 Å². The summed E-state index contributed by atoms with van der Waals surface area (Å²) in [6.07, 6.45) is 1.43. The molecule has 3 aromatic rings. The molecular weight excluding hydrogens is 460 g/mol. The van der Waals surface area contributed by atoms with Crippen LogP contribution in [0.2, 0.25) is 0 Å². The summed E-state index contributed by atoms with van der Waals surface area (Å²) < 4.78 is 16.7. The number of carbonyl (C=O) groups excluding carboxylic acids is 2. The second-order valence-electron chi connectivity index (χ2n) is 9.24. The average Bonchev–Trinajstić information content (AvgIpc) is 3.54. The number of ether oxygens (including phenoxy) is 2. The number of carbonyl (C=O) groups is 2. The van der Waals surface area contributed by atoms with E-state index in [0.717, 1.165) is 17.1 Å². The molecule has 2 aliphatic rings. The maximum absolute atomic E-state index is 13.0. The van der Waals surface area contributed by atoms with Crippen LogP contribution < -0.4 is 9.47 Å². The Bertz CT molecular complexity index is 1230. The van der Waals surface area contributed by atoms with E-state index in [1.165, 1.54) is 17.4 Å². The first-order chi connectivity index (χ1) is 17.4. The lowest BCUT2D eigenvalue weighted by Crippen LogP contribution is -2.50. The first-order valence-electron chi connectivity index (χ1n) is 12.1. The van der Waals surface area contributed by atoms with Gasteiger partial charge in [0.15, 0.2) is 17.2 Å². The summed E-state index contributed by atoms with van der Waals surface area (Å²) in [5.41, 5.74) is 3.76. The molecule has 1 aromatic heterocycles. The second kappa shape index (κ2) is 10.4. The number of fused-ring (bicyclic) bond motifs is 1. The van der Waals surface area contributed by atoms with Gasteiger partial charge < -0.3 is 23.7 Å². The quantitative estimate of drug-likeness (QED) is 0.503. The van der Waals surface area contributed by atoms with Gasteiger partial charge in [-0.25, -0.2) is 4.98 Å². The molecule has 3 heterocycles. The Morgan fingerprint density at radius 2 is 1.56 bits per heavy atom. The molecule has 0 bridgehead atoms. The molecule has 0 saturated carbocycles. The largest absolute Gasteiger partial charge is 0.454 e. The summed E-state index contributed by atoms with van der Waals surface area (Å²) in [5, 5.41) is 0. The number of nitrogens with zero attached hydrogens (tertiary/aromatic N) is 4. The monoisotopic (exact) mass is 490 g/mol. The number of hydrogen-bond acceptors (Lipinski definition) is 7. The summed E-state index contributed by atoms with van der Waals surface area (Å²) in [6.45, 7) is 7.67. The normalized spacial score (nSPS) is 15.0. The lowest BCUT2D eigenvalue weighted by Gasteiger charge is -2.33. The summed E-state index contributed by atoms with van der Waals surface area (Å²) in [5.74, 6) is 1.84. The Balaban J connectivity index is 1.28. The van der Waals surface area contributed by atoms with Gasteiger partial charge in [-0.1, -0.05) is 35.9 Å². The Kier molecular flexibility index (Phi) is 6.90. The van der Waals surface area contributed by atoms with Crippen LogP contribution in [0.1, 0.15) is 40.0 Å². The molecule has 188 valence electrons. The third-order valence-corrected chi connectivity index (χ3v) is 6.51. The molecule has 5 rings (SSSR count). The maximum Gasteiger partial charge on any atom is 0.275 e. The molecule has 36 heavy (non-hydrogen) atoms. The summed E-state index contributed by atoms with van der Waals surface area (Å²) >= 11 is 0. The Labute approximate surface area is 210 Å². The van der Waals surface area contributed by atoms with Crippen LogP contribution in [0.15, 0.2) is 53.1 Å². The molecule has 0 spiro atoms. The van der Waals surface area contributed by atoms with Crippen molar-refractivity contribution in [2.24, 2.45) is 0 Å². The molecule has 9 nitrogen and oxygen atoms in total. The van der Waals surface area contributed by atoms with Crippen LogP contribution in [0, 0.1) is 6.92 Å². The highest BCUT2D eigenvalue weighted by Gasteiger charge is 2.26. The van der Waals surface area contributed by atoms with E-state index >= 15 is 0 Å². The summed E-state index contributed by atoms with van der Waals surface area (Å²) in [7, 11) is 0. The van der Waals surface area contributed by atoms with Gasteiger partial charge in [-0.3, -0.25) is 14.5 Å². The van der Waals surface area contributed by atoms with E-state index in [4.69, 9.17) is 13.9 Å². The molecule has 2 amide bonds. The molecule has 0 atom stereocenters.